The van der Waals surface area contributed by atoms with Crippen molar-refractivity contribution in [2.75, 3.05) is 0 Å². The number of para-hydroxylation sites is 2. The fraction of sp³-hybridized carbons (Fsp3) is 0. The second kappa shape index (κ2) is 4.29. The molecule has 0 aliphatic carbocycles. The third-order valence-corrected chi connectivity index (χ3v) is 2.78. The van der Waals surface area contributed by atoms with Crippen LogP contribution in [0.2, 0.25) is 5.28 Å². The lowest BCUT2D eigenvalue weighted by atomic mass is 10.3. The maximum absolute atomic E-state index is 11.0. The average molecular weight is 276 g/mol. The van der Waals surface area contributed by atoms with E-state index in [1.165, 1.54) is 10.9 Å². The minimum Gasteiger partial charge on any atom is -0.277 e. The number of rotatable bonds is 2. The van der Waals surface area contributed by atoms with Gasteiger partial charge in [-0.1, -0.05) is 12.1 Å². The monoisotopic (exact) mass is 275 g/mol. The Bertz CT molecular complexity index is 786. The summed E-state index contributed by atoms with van der Waals surface area (Å²) in [5.41, 5.74) is 1.19. The van der Waals surface area contributed by atoms with Crippen molar-refractivity contribution in [3.63, 3.8) is 0 Å². The van der Waals surface area contributed by atoms with Crippen LogP contribution in [0.4, 0.5) is 5.69 Å². The molecule has 19 heavy (non-hydrogen) atoms. The number of imidazole rings is 1. The number of nitro groups is 1. The molecule has 0 spiro atoms. The van der Waals surface area contributed by atoms with Gasteiger partial charge in [-0.05, 0) is 23.7 Å². The van der Waals surface area contributed by atoms with Gasteiger partial charge in [-0.25, -0.2) is 9.97 Å². The SMILES string of the molecule is O=[N+]([O-])c1cnc(Cl)nc1-n1cnc2ccccc21. The fourth-order valence-electron chi connectivity index (χ4n) is 1.78. The van der Waals surface area contributed by atoms with Crippen LogP contribution < -0.4 is 0 Å². The lowest BCUT2D eigenvalue weighted by Crippen LogP contribution is -2.03. The highest BCUT2D eigenvalue weighted by Gasteiger charge is 2.20. The number of nitrogens with zero attached hydrogens (tertiary/aromatic N) is 5. The molecule has 8 heteroatoms. The van der Waals surface area contributed by atoms with Gasteiger partial charge in [0.25, 0.3) is 0 Å². The van der Waals surface area contributed by atoms with Gasteiger partial charge in [-0.3, -0.25) is 14.7 Å². The standard InChI is InChI=1S/C11H6ClN5O2/c12-11-13-5-9(17(18)19)10(15-11)16-6-14-7-3-1-2-4-8(7)16/h1-6H. The van der Waals surface area contributed by atoms with E-state index >= 15 is 0 Å². The van der Waals surface area contributed by atoms with Crippen LogP contribution in [0.1, 0.15) is 0 Å². The van der Waals surface area contributed by atoms with Crippen LogP contribution in [-0.2, 0) is 0 Å². The van der Waals surface area contributed by atoms with Crippen molar-refractivity contribution in [1.82, 2.24) is 19.5 Å². The summed E-state index contributed by atoms with van der Waals surface area (Å²) in [6.45, 7) is 0. The van der Waals surface area contributed by atoms with E-state index in [0.717, 1.165) is 6.20 Å². The van der Waals surface area contributed by atoms with Gasteiger partial charge in [-0.15, -0.1) is 0 Å². The molecule has 2 aromatic heterocycles. The van der Waals surface area contributed by atoms with Crippen molar-refractivity contribution in [3.05, 3.63) is 52.2 Å². The van der Waals surface area contributed by atoms with Crippen molar-refractivity contribution in [2.45, 2.75) is 0 Å². The second-order valence-electron chi connectivity index (χ2n) is 3.71. The third kappa shape index (κ3) is 1.89. The molecule has 0 amide bonds. The molecule has 0 N–H and O–H groups in total. The van der Waals surface area contributed by atoms with Crippen LogP contribution in [0.3, 0.4) is 0 Å². The molecule has 3 aromatic rings. The molecular weight excluding hydrogens is 270 g/mol. The molecule has 0 fully saturated rings. The van der Waals surface area contributed by atoms with Crippen LogP contribution in [0.5, 0.6) is 0 Å². The molecule has 0 aliphatic rings. The first kappa shape index (κ1) is 11.5. The lowest BCUT2D eigenvalue weighted by molar-refractivity contribution is -0.385. The smallest absolute Gasteiger partial charge is 0.277 e. The largest absolute Gasteiger partial charge is 0.330 e. The number of fused-ring (bicyclic) bond motifs is 1. The highest BCUT2D eigenvalue weighted by Crippen LogP contribution is 2.24. The third-order valence-electron chi connectivity index (χ3n) is 2.60. The van der Waals surface area contributed by atoms with E-state index in [-0.39, 0.29) is 16.8 Å². The zero-order valence-corrected chi connectivity index (χ0v) is 10.2. The summed E-state index contributed by atoms with van der Waals surface area (Å²) in [5.74, 6) is 0.0960. The first-order chi connectivity index (χ1) is 9.16. The van der Waals surface area contributed by atoms with Gasteiger partial charge in [0.15, 0.2) is 0 Å². The van der Waals surface area contributed by atoms with E-state index in [9.17, 15) is 10.1 Å². The predicted molar refractivity (Wildman–Crippen MR) is 68.3 cm³/mol. The molecule has 0 bridgehead atoms. The number of hydrogen-bond acceptors (Lipinski definition) is 5. The number of hydrogen-bond donors (Lipinski definition) is 0. The Morgan fingerprint density at radius 3 is 2.84 bits per heavy atom. The van der Waals surface area contributed by atoms with Gasteiger partial charge < -0.3 is 0 Å². The molecule has 7 nitrogen and oxygen atoms in total. The molecule has 0 saturated heterocycles. The summed E-state index contributed by atoms with van der Waals surface area (Å²) in [5, 5.41) is 11.0. The summed E-state index contributed by atoms with van der Waals surface area (Å²) in [4.78, 5) is 22.2. The maximum atomic E-state index is 11.0. The quantitative estimate of drug-likeness (QED) is 0.407. The molecule has 94 valence electrons. The van der Waals surface area contributed by atoms with Crippen molar-refractivity contribution in [2.24, 2.45) is 0 Å². The van der Waals surface area contributed by atoms with Crippen molar-refractivity contribution in [1.29, 1.82) is 0 Å². The predicted octanol–water partition coefficient (Wildman–Crippen LogP) is 2.38. The first-order valence-electron chi connectivity index (χ1n) is 5.26. The van der Waals surface area contributed by atoms with Crippen LogP contribution in [0.15, 0.2) is 36.8 Å². The highest BCUT2D eigenvalue weighted by molar-refractivity contribution is 6.28. The van der Waals surface area contributed by atoms with Crippen LogP contribution in [-0.4, -0.2) is 24.4 Å². The van der Waals surface area contributed by atoms with Crippen molar-refractivity contribution >= 4 is 28.3 Å². The van der Waals surface area contributed by atoms with Gasteiger partial charge in [0.1, 0.15) is 12.5 Å². The van der Waals surface area contributed by atoms with E-state index in [2.05, 4.69) is 15.0 Å². The van der Waals surface area contributed by atoms with Gasteiger partial charge in [0.2, 0.25) is 11.1 Å². The molecule has 0 saturated carbocycles. The van der Waals surface area contributed by atoms with Crippen molar-refractivity contribution < 1.29 is 4.92 Å². The van der Waals surface area contributed by atoms with Crippen LogP contribution in [0.25, 0.3) is 16.9 Å². The molecule has 0 atom stereocenters. The maximum Gasteiger partial charge on any atom is 0.330 e. The molecule has 0 unspecified atom stereocenters. The zero-order valence-electron chi connectivity index (χ0n) is 9.39. The van der Waals surface area contributed by atoms with E-state index < -0.39 is 4.92 Å². The summed E-state index contributed by atoms with van der Waals surface area (Å²) in [6, 6.07) is 7.25. The van der Waals surface area contributed by atoms with E-state index in [1.54, 1.807) is 12.1 Å². The van der Waals surface area contributed by atoms with Gasteiger partial charge in [0, 0.05) is 0 Å². The Balaban J connectivity index is 2.32. The lowest BCUT2D eigenvalue weighted by Gasteiger charge is -2.03. The summed E-state index contributed by atoms with van der Waals surface area (Å²) >= 11 is 5.71. The second-order valence-corrected chi connectivity index (χ2v) is 4.05. The Hall–Kier alpha value is -2.54. The Morgan fingerprint density at radius 2 is 2.05 bits per heavy atom. The molecule has 0 aliphatic heterocycles. The summed E-state index contributed by atoms with van der Waals surface area (Å²) < 4.78 is 1.51. The molecule has 3 rings (SSSR count). The average Bonchev–Trinajstić information content (AvgIpc) is 2.82. The normalized spacial score (nSPS) is 10.8. The van der Waals surface area contributed by atoms with E-state index in [4.69, 9.17) is 11.6 Å². The zero-order chi connectivity index (χ0) is 13.4. The number of benzene rings is 1. The fourth-order valence-corrected chi connectivity index (χ4v) is 1.91. The number of aromatic nitrogens is 4. The Labute approximate surface area is 111 Å². The van der Waals surface area contributed by atoms with Crippen LogP contribution >= 0.6 is 11.6 Å². The first-order valence-corrected chi connectivity index (χ1v) is 5.64. The van der Waals surface area contributed by atoms with Gasteiger partial charge >= 0.3 is 5.69 Å². The minimum absolute atomic E-state index is 0.0571. The molecule has 1 aromatic carbocycles. The van der Waals surface area contributed by atoms with Crippen molar-refractivity contribution in [3.8, 4) is 5.82 Å². The molecule has 2 heterocycles. The summed E-state index contributed by atoms with van der Waals surface area (Å²) in [7, 11) is 0. The number of halogens is 1. The Kier molecular flexibility index (Phi) is 2.60. The minimum atomic E-state index is -0.555. The molecule has 0 radical (unpaired) electrons. The summed E-state index contributed by atoms with van der Waals surface area (Å²) in [6.07, 6.45) is 2.55. The van der Waals surface area contributed by atoms with E-state index in [0.29, 0.717) is 11.0 Å². The van der Waals surface area contributed by atoms with E-state index in [1.807, 2.05) is 12.1 Å². The van der Waals surface area contributed by atoms with Crippen LogP contribution in [0, 0.1) is 10.1 Å². The van der Waals surface area contributed by atoms with Gasteiger partial charge in [0.05, 0.1) is 16.0 Å². The Morgan fingerprint density at radius 1 is 1.26 bits per heavy atom. The molecular formula is C11H6ClN5O2. The van der Waals surface area contributed by atoms with Gasteiger partial charge in [-0.2, -0.15) is 4.98 Å². The highest BCUT2D eigenvalue weighted by atomic mass is 35.5. The topological polar surface area (TPSA) is 86.7 Å².